The van der Waals surface area contributed by atoms with Crippen LogP contribution in [-0.4, -0.2) is 56.2 Å². The van der Waals surface area contributed by atoms with Gasteiger partial charge in [0, 0.05) is 6.20 Å². The minimum Gasteiger partial charge on any atom is -0.464 e. The van der Waals surface area contributed by atoms with Crippen LogP contribution in [0.4, 0.5) is 5.95 Å². The molecule has 1 unspecified atom stereocenters. The number of ether oxygens (including phenoxy) is 1. The molecule has 2 aromatic rings. The van der Waals surface area contributed by atoms with Crippen LogP contribution in [-0.2, 0) is 18.6 Å². The van der Waals surface area contributed by atoms with E-state index in [1.165, 1.54) is 6.33 Å². The Kier molecular flexibility index (Phi) is 7.58. The number of nitrogens with zero attached hydrogens (tertiary/aromatic N) is 3. The van der Waals surface area contributed by atoms with Crippen LogP contribution in [0.15, 0.2) is 16.7 Å². The first-order chi connectivity index (χ1) is 16.7. The van der Waals surface area contributed by atoms with Gasteiger partial charge >= 0.3 is 14.1 Å². The monoisotopic (exact) mass is 509 g/mol. The van der Waals surface area contributed by atoms with Gasteiger partial charge < -0.3 is 10.5 Å². The molecule has 0 aromatic carbocycles. The Morgan fingerprint density at radius 3 is 2.74 bits per heavy atom. The third-order valence-corrected chi connectivity index (χ3v) is 8.10. The van der Waals surface area contributed by atoms with Gasteiger partial charge in [0.2, 0.25) is 5.95 Å². The molecular weight excluding hydrogens is 475 g/mol. The second kappa shape index (κ2) is 10.3. The molecule has 2 aromatic heterocycles. The minimum atomic E-state index is -3.41. The van der Waals surface area contributed by atoms with Crippen LogP contribution in [0.2, 0.25) is 0 Å². The van der Waals surface area contributed by atoms with Crippen LogP contribution in [0.25, 0.3) is 17.4 Å². The fourth-order valence-corrected chi connectivity index (χ4v) is 5.98. The van der Waals surface area contributed by atoms with E-state index >= 15 is 0 Å². The predicted molar refractivity (Wildman–Crippen MR) is 132 cm³/mol. The number of aromatic nitrogens is 4. The summed E-state index contributed by atoms with van der Waals surface area (Å²) in [5.41, 5.74) is 6.43. The molecule has 13 heteroatoms. The number of nitrogens with two attached hydrogens (primary N) is 1. The van der Waals surface area contributed by atoms with E-state index in [1.807, 2.05) is 6.20 Å². The number of imidazole rings is 1. The summed E-state index contributed by atoms with van der Waals surface area (Å²) < 4.78 is 18.5. The molecular formula is C22H34N6O6P+. The fourth-order valence-electron chi connectivity index (χ4n) is 4.32. The van der Waals surface area contributed by atoms with Gasteiger partial charge in [0.05, 0.1) is 12.0 Å². The molecule has 4 rings (SSSR count). The molecule has 2 aliphatic rings. The number of nitrogen functional groups attached to an aromatic ring is 1. The molecule has 0 radical (unpaired) electrons. The zero-order chi connectivity index (χ0) is 25.2. The number of rotatable bonds is 10. The van der Waals surface area contributed by atoms with Crippen molar-refractivity contribution >= 4 is 37.4 Å². The number of hydrogen-bond donors (Lipinski definition) is 4. The summed E-state index contributed by atoms with van der Waals surface area (Å²) in [6.45, 7) is 6.69. The summed E-state index contributed by atoms with van der Waals surface area (Å²) in [6.07, 6.45) is 8.13. The molecule has 12 nitrogen and oxygen atoms in total. The fraction of sp³-hybridized carbons (Fsp3) is 0.636. The van der Waals surface area contributed by atoms with Crippen LogP contribution in [0.3, 0.4) is 0 Å². The quantitative estimate of drug-likeness (QED) is 0.276. The lowest BCUT2D eigenvalue weighted by Gasteiger charge is -2.27. The summed E-state index contributed by atoms with van der Waals surface area (Å²) in [4.78, 5) is 45.9. The van der Waals surface area contributed by atoms with Crippen molar-refractivity contribution in [1.29, 1.82) is 0 Å². The summed E-state index contributed by atoms with van der Waals surface area (Å²) in [6, 6.07) is -0.771. The van der Waals surface area contributed by atoms with Crippen LogP contribution >= 0.6 is 8.09 Å². The third kappa shape index (κ3) is 5.73. The number of fused-ring (bicyclic) bond motifs is 1. The smallest absolute Gasteiger partial charge is 0.464 e. The van der Waals surface area contributed by atoms with Gasteiger partial charge in [-0.3, -0.25) is 19.1 Å². The van der Waals surface area contributed by atoms with Crippen LogP contribution in [0.1, 0.15) is 52.9 Å². The Hall–Kier alpha value is -2.37. The summed E-state index contributed by atoms with van der Waals surface area (Å²) in [5.74, 6) is -0.0834. The maximum atomic E-state index is 12.5. The molecule has 1 atom stereocenters. The predicted octanol–water partition coefficient (Wildman–Crippen LogP) is 2.39. The van der Waals surface area contributed by atoms with Crippen molar-refractivity contribution in [3.8, 4) is 0 Å². The van der Waals surface area contributed by atoms with Gasteiger partial charge in [0.1, 0.15) is 25.6 Å². The topological polar surface area (TPSA) is 167 Å². The van der Waals surface area contributed by atoms with Crippen LogP contribution < -0.4 is 16.4 Å². The first-order valence-electron chi connectivity index (χ1n) is 12.0. The summed E-state index contributed by atoms with van der Waals surface area (Å²) in [5, 5.41) is 2.80. The number of esters is 1. The highest BCUT2D eigenvalue weighted by molar-refractivity contribution is 7.58. The Bertz CT molecular complexity index is 1150. The number of carbonyl (C=O) groups is 1. The van der Waals surface area contributed by atoms with E-state index in [0.29, 0.717) is 24.6 Å². The maximum absolute atomic E-state index is 12.5. The Morgan fingerprint density at radius 2 is 2.09 bits per heavy atom. The van der Waals surface area contributed by atoms with Crippen molar-refractivity contribution < 1.29 is 23.5 Å². The van der Waals surface area contributed by atoms with Crippen molar-refractivity contribution in [2.45, 2.75) is 58.9 Å². The SMILES string of the molecule is CCCC(CCC)COC(=O)C(C)N[P+]1(O)OCC2(CO1)CC2=Cn1cnc2c(=O)[nH]c(N)nc21. The lowest BCUT2D eigenvalue weighted by atomic mass is 9.99. The van der Waals surface area contributed by atoms with Gasteiger partial charge in [-0.25, -0.2) is 4.98 Å². The van der Waals surface area contributed by atoms with Gasteiger partial charge in [-0.2, -0.15) is 18.9 Å². The van der Waals surface area contributed by atoms with Crippen molar-refractivity contribution in [3.63, 3.8) is 0 Å². The highest BCUT2D eigenvalue weighted by Crippen LogP contribution is 2.65. The molecule has 1 saturated heterocycles. The first-order valence-corrected chi connectivity index (χ1v) is 13.5. The van der Waals surface area contributed by atoms with Crippen LogP contribution in [0, 0.1) is 11.3 Å². The minimum absolute atomic E-state index is 0.0114. The average molecular weight is 510 g/mol. The summed E-state index contributed by atoms with van der Waals surface area (Å²) in [7, 11) is -3.41. The van der Waals surface area contributed by atoms with Gasteiger partial charge in [0.15, 0.2) is 11.2 Å². The highest BCUT2D eigenvalue weighted by atomic mass is 31.2. The van der Waals surface area contributed by atoms with E-state index in [9.17, 15) is 14.5 Å². The molecule has 192 valence electrons. The second-order valence-corrected chi connectivity index (χ2v) is 11.2. The van der Waals surface area contributed by atoms with Gasteiger partial charge in [-0.05, 0) is 37.7 Å². The normalized spacial score (nSPS) is 26.0. The number of carbonyl (C=O) groups excluding carboxylic acids is 1. The van der Waals surface area contributed by atoms with E-state index in [-0.39, 0.29) is 30.1 Å². The standard InChI is InChI=1S/C22H33N6O6P/c1-4-6-15(7-5-2)10-32-20(30)14(3)27-35(31)33-11-22(12-34-35)8-16(22)9-28-13-24-17-18(28)25-21(23)26-19(17)29/h9,13-15,27,31H,4-8,10-12H2,1-3H3,(H2-,23,25,26,29)/p+1. The first kappa shape index (κ1) is 25.7. The van der Waals surface area contributed by atoms with Gasteiger partial charge in [-0.1, -0.05) is 26.7 Å². The van der Waals surface area contributed by atoms with Crippen molar-refractivity contribution in [1.82, 2.24) is 24.6 Å². The van der Waals surface area contributed by atoms with E-state index in [0.717, 1.165) is 31.3 Å². The lowest BCUT2D eigenvalue weighted by Crippen LogP contribution is -2.40. The highest BCUT2D eigenvalue weighted by Gasteiger charge is 2.61. The number of anilines is 1. The zero-order valence-corrected chi connectivity index (χ0v) is 21.2. The third-order valence-electron chi connectivity index (χ3n) is 6.43. The largest absolute Gasteiger partial charge is 0.499 e. The molecule has 1 aliphatic carbocycles. The molecule has 5 N–H and O–H groups in total. The molecule has 0 amide bonds. The molecule has 2 fully saturated rings. The maximum Gasteiger partial charge on any atom is 0.499 e. The summed E-state index contributed by atoms with van der Waals surface area (Å²) >= 11 is 0. The van der Waals surface area contributed by atoms with Crippen molar-refractivity contribution in [2.24, 2.45) is 11.3 Å². The number of hydrogen-bond acceptors (Lipinski definition) is 10. The Labute approximate surface area is 203 Å². The average Bonchev–Trinajstić information content (AvgIpc) is 3.32. The molecule has 35 heavy (non-hydrogen) atoms. The number of nitrogens with one attached hydrogen (secondary N) is 2. The Balaban J connectivity index is 1.32. The van der Waals surface area contributed by atoms with Crippen LogP contribution in [0.5, 0.6) is 0 Å². The molecule has 0 bridgehead atoms. The lowest BCUT2D eigenvalue weighted by molar-refractivity contribution is -0.147. The zero-order valence-electron chi connectivity index (χ0n) is 20.3. The van der Waals surface area contributed by atoms with Crippen molar-refractivity contribution in [2.75, 3.05) is 25.6 Å². The van der Waals surface area contributed by atoms with E-state index in [4.69, 9.17) is 19.5 Å². The molecule has 1 saturated carbocycles. The van der Waals surface area contributed by atoms with E-state index in [1.54, 1.807) is 11.5 Å². The molecule has 3 heterocycles. The second-order valence-electron chi connectivity index (χ2n) is 9.38. The number of aromatic amines is 1. The Morgan fingerprint density at radius 1 is 1.40 bits per heavy atom. The van der Waals surface area contributed by atoms with Gasteiger partial charge in [-0.15, -0.1) is 5.09 Å². The number of H-pyrrole nitrogens is 1. The molecule has 1 spiro atoms. The van der Waals surface area contributed by atoms with Gasteiger partial charge in [0.25, 0.3) is 5.56 Å². The van der Waals surface area contributed by atoms with E-state index < -0.39 is 25.7 Å². The molecule has 1 aliphatic heterocycles. The van der Waals surface area contributed by atoms with Crippen molar-refractivity contribution in [3.05, 3.63) is 22.3 Å². The van der Waals surface area contributed by atoms with E-state index in [2.05, 4.69) is 33.9 Å².